The summed E-state index contributed by atoms with van der Waals surface area (Å²) in [4.78, 5) is 17.2. The SMILES string of the molecule is COc1ccc(-c2nc(COC(=O)c3cc4ccccc4cc3OC)cs2)cc1. The number of benzene rings is 3. The molecule has 0 bridgehead atoms. The van der Waals surface area contributed by atoms with E-state index in [1.807, 2.05) is 60.0 Å². The van der Waals surface area contributed by atoms with Crippen molar-refractivity contribution in [3.8, 4) is 22.1 Å². The molecule has 146 valence electrons. The van der Waals surface area contributed by atoms with Crippen molar-refractivity contribution in [3.63, 3.8) is 0 Å². The standard InChI is InChI=1S/C23H19NO4S/c1-26-19-9-7-15(8-10-19)22-24-18(14-29-22)13-28-23(25)20-11-16-5-3-4-6-17(16)12-21(20)27-2/h3-12,14H,13H2,1-2H3. The van der Waals surface area contributed by atoms with Gasteiger partial charge in [0.1, 0.15) is 28.7 Å². The number of methoxy groups -OCH3 is 2. The maximum Gasteiger partial charge on any atom is 0.342 e. The predicted molar refractivity (Wildman–Crippen MR) is 114 cm³/mol. The number of hydrogen-bond donors (Lipinski definition) is 0. The number of rotatable bonds is 6. The van der Waals surface area contributed by atoms with Gasteiger partial charge in [-0.3, -0.25) is 0 Å². The summed E-state index contributed by atoms with van der Waals surface area (Å²) in [6.07, 6.45) is 0. The molecule has 5 nitrogen and oxygen atoms in total. The van der Waals surface area contributed by atoms with Crippen LogP contribution in [0.2, 0.25) is 0 Å². The summed E-state index contributed by atoms with van der Waals surface area (Å²) in [5.41, 5.74) is 2.09. The van der Waals surface area contributed by atoms with Crippen molar-refractivity contribution in [2.45, 2.75) is 6.61 Å². The first-order valence-electron chi connectivity index (χ1n) is 9.00. The first-order chi connectivity index (χ1) is 14.2. The largest absolute Gasteiger partial charge is 0.497 e. The molecule has 0 atom stereocenters. The molecule has 29 heavy (non-hydrogen) atoms. The highest BCUT2D eigenvalue weighted by Crippen LogP contribution is 2.28. The summed E-state index contributed by atoms with van der Waals surface area (Å²) < 4.78 is 16.1. The molecule has 4 aromatic rings. The van der Waals surface area contributed by atoms with Gasteiger partial charge in [0.25, 0.3) is 0 Å². The molecule has 0 aliphatic carbocycles. The molecule has 1 aromatic heterocycles. The van der Waals surface area contributed by atoms with Crippen molar-refractivity contribution in [1.82, 2.24) is 4.98 Å². The van der Waals surface area contributed by atoms with E-state index in [2.05, 4.69) is 4.98 Å². The molecular weight excluding hydrogens is 386 g/mol. The zero-order valence-corrected chi connectivity index (χ0v) is 16.9. The van der Waals surface area contributed by atoms with E-state index < -0.39 is 5.97 Å². The molecule has 0 radical (unpaired) electrons. The van der Waals surface area contributed by atoms with Gasteiger partial charge in [0.2, 0.25) is 0 Å². The molecule has 1 heterocycles. The van der Waals surface area contributed by atoms with Crippen LogP contribution in [0.1, 0.15) is 16.1 Å². The summed E-state index contributed by atoms with van der Waals surface area (Å²) in [5, 5.41) is 4.71. The quantitative estimate of drug-likeness (QED) is 0.406. The minimum absolute atomic E-state index is 0.0987. The van der Waals surface area contributed by atoms with Crippen LogP contribution in [0, 0.1) is 0 Å². The van der Waals surface area contributed by atoms with Crippen molar-refractivity contribution in [2.75, 3.05) is 14.2 Å². The Labute approximate surface area is 172 Å². The van der Waals surface area contributed by atoms with Gasteiger partial charge in [-0.1, -0.05) is 24.3 Å². The second kappa shape index (κ2) is 8.32. The Hall–Kier alpha value is -3.38. The van der Waals surface area contributed by atoms with Gasteiger partial charge in [0.15, 0.2) is 0 Å². The van der Waals surface area contributed by atoms with Crippen molar-refractivity contribution in [3.05, 3.63) is 77.3 Å². The molecule has 0 unspecified atom stereocenters. The molecule has 0 aliphatic rings. The van der Waals surface area contributed by atoms with Crippen LogP contribution in [-0.2, 0) is 11.3 Å². The van der Waals surface area contributed by atoms with Crippen LogP contribution in [0.15, 0.2) is 66.0 Å². The number of nitrogens with zero attached hydrogens (tertiary/aromatic N) is 1. The molecule has 0 saturated heterocycles. The second-order valence-corrected chi connectivity index (χ2v) is 7.21. The Morgan fingerprint density at radius 1 is 0.966 bits per heavy atom. The van der Waals surface area contributed by atoms with Crippen LogP contribution in [0.4, 0.5) is 0 Å². The van der Waals surface area contributed by atoms with Gasteiger partial charge < -0.3 is 14.2 Å². The van der Waals surface area contributed by atoms with Crippen molar-refractivity contribution in [2.24, 2.45) is 0 Å². The maximum absolute atomic E-state index is 12.6. The monoisotopic (exact) mass is 405 g/mol. The highest BCUT2D eigenvalue weighted by Gasteiger charge is 2.16. The Morgan fingerprint density at radius 2 is 1.69 bits per heavy atom. The summed E-state index contributed by atoms with van der Waals surface area (Å²) >= 11 is 1.51. The fourth-order valence-electron chi connectivity index (χ4n) is 3.00. The lowest BCUT2D eigenvalue weighted by molar-refractivity contribution is 0.0465. The molecular formula is C23H19NO4S. The highest BCUT2D eigenvalue weighted by atomic mass is 32.1. The minimum atomic E-state index is -0.438. The third-order valence-electron chi connectivity index (χ3n) is 4.53. The number of hydrogen-bond acceptors (Lipinski definition) is 6. The third-order valence-corrected chi connectivity index (χ3v) is 5.47. The topological polar surface area (TPSA) is 57.7 Å². The number of esters is 1. The first-order valence-corrected chi connectivity index (χ1v) is 9.88. The third kappa shape index (κ3) is 4.07. The Morgan fingerprint density at radius 3 is 2.38 bits per heavy atom. The Bertz CT molecular complexity index is 1150. The predicted octanol–water partition coefficient (Wildman–Crippen LogP) is 5.34. The average molecular weight is 405 g/mol. The normalized spacial score (nSPS) is 10.7. The van der Waals surface area contributed by atoms with E-state index in [1.165, 1.54) is 11.3 Å². The molecule has 0 saturated carbocycles. The van der Waals surface area contributed by atoms with Crippen LogP contribution < -0.4 is 9.47 Å². The summed E-state index contributed by atoms with van der Waals surface area (Å²) in [6.45, 7) is 0.0987. The molecule has 0 amide bonds. The maximum atomic E-state index is 12.6. The van der Waals surface area contributed by atoms with Crippen LogP contribution in [-0.4, -0.2) is 25.2 Å². The van der Waals surface area contributed by atoms with E-state index in [1.54, 1.807) is 20.3 Å². The van der Waals surface area contributed by atoms with Crippen molar-refractivity contribution >= 4 is 28.1 Å². The fraction of sp³-hybridized carbons (Fsp3) is 0.130. The van der Waals surface area contributed by atoms with Crippen molar-refractivity contribution < 1.29 is 19.0 Å². The van der Waals surface area contributed by atoms with Gasteiger partial charge in [0.05, 0.1) is 19.9 Å². The minimum Gasteiger partial charge on any atom is -0.497 e. The smallest absolute Gasteiger partial charge is 0.342 e. The zero-order valence-electron chi connectivity index (χ0n) is 16.0. The number of carbonyl (C=O) groups excluding carboxylic acids is 1. The van der Waals surface area contributed by atoms with Gasteiger partial charge in [0, 0.05) is 10.9 Å². The van der Waals surface area contributed by atoms with Gasteiger partial charge in [-0.15, -0.1) is 11.3 Å². The molecule has 3 aromatic carbocycles. The van der Waals surface area contributed by atoms with Crippen LogP contribution >= 0.6 is 11.3 Å². The van der Waals surface area contributed by atoms with Crippen molar-refractivity contribution in [1.29, 1.82) is 0 Å². The van der Waals surface area contributed by atoms with Crippen LogP contribution in [0.25, 0.3) is 21.3 Å². The van der Waals surface area contributed by atoms with E-state index in [0.29, 0.717) is 17.0 Å². The van der Waals surface area contributed by atoms with E-state index >= 15 is 0 Å². The summed E-state index contributed by atoms with van der Waals surface area (Å²) in [7, 11) is 3.18. The first kappa shape index (κ1) is 19.0. The number of aromatic nitrogens is 1. The van der Waals surface area contributed by atoms with Gasteiger partial charge in [-0.2, -0.15) is 0 Å². The molecule has 0 aliphatic heterocycles. The molecule has 0 fully saturated rings. The number of ether oxygens (including phenoxy) is 3. The number of fused-ring (bicyclic) bond motifs is 1. The lowest BCUT2D eigenvalue weighted by Crippen LogP contribution is -2.07. The lowest BCUT2D eigenvalue weighted by atomic mass is 10.1. The van der Waals surface area contributed by atoms with Gasteiger partial charge >= 0.3 is 5.97 Å². The van der Waals surface area contributed by atoms with E-state index in [4.69, 9.17) is 14.2 Å². The molecule has 6 heteroatoms. The van der Waals surface area contributed by atoms with Gasteiger partial charge in [-0.05, 0) is 47.2 Å². The van der Waals surface area contributed by atoms with E-state index in [-0.39, 0.29) is 6.61 Å². The van der Waals surface area contributed by atoms with Gasteiger partial charge in [-0.25, -0.2) is 9.78 Å². The lowest BCUT2D eigenvalue weighted by Gasteiger charge is -2.10. The van der Waals surface area contributed by atoms with E-state index in [0.717, 1.165) is 27.1 Å². The Balaban J connectivity index is 1.48. The molecule has 0 spiro atoms. The highest BCUT2D eigenvalue weighted by molar-refractivity contribution is 7.13. The molecule has 4 rings (SSSR count). The summed E-state index contributed by atoms with van der Waals surface area (Å²) in [6, 6.07) is 19.1. The Kier molecular flexibility index (Phi) is 5.44. The fourth-order valence-corrected chi connectivity index (χ4v) is 3.82. The molecule has 0 N–H and O–H groups in total. The second-order valence-electron chi connectivity index (χ2n) is 6.35. The summed E-state index contributed by atoms with van der Waals surface area (Å²) in [5.74, 6) is 0.848. The number of thiazole rings is 1. The zero-order chi connectivity index (χ0) is 20.2. The van der Waals surface area contributed by atoms with Crippen LogP contribution in [0.5, 0.6) is 11.5 Å². The number of carbonyl (C=O) groups is 1. The average Bonchev–Trinajstić information content (AvgIpc) is 3.25. The van der Waals surface area contributed by atoms with E-state index in [9.17, 15) is 4.79 Å². The van der Waals surface area contributed by atoms with Crippen LogP contribution in [0.3, 0.4) is 0 Å².